The molecule has 1 fully saturated rings. The molecule has 25 heavy (non-hydrogen) atoms. The van der Waals surface area contributed by atoms with E-state index in [0.717, 1.165) is 5.92 Å². The van der Waals surface area contributed by atoms with Crippen molar-refractivity contribution in [1.29, 1.82) is 0 Å². The van der Waals surface area contributed by atoms with Crippen LogP contribution in [0.25, 0.3) is 0 Å². The molecule has 2 bridgehead atoms. The van der Waals surface area contributed by atoms with E-state index in [1.807, 2.05) is 0 Å². The first-order chi connectivity index (χ1) is 12.3. The lowest BCUT2D eigenvalue weighted by Crippen LogP contribution is -2.45. The van der Waals surface area contributed by atoms with Gasteiger partial charge in [-0.25, -0.2) is 0 Å². The molecule has 1 saturated heterocycles. The van der Waals surface area contributed by atoms with E-state index in [9.17, 15) is 0 Å². The molecule has 130 valence electrons. The summed E-state index contributed by atoms with van der Waals surface area (Å²) in [5.41, 5.74) is 6.42. The molecule has 2 nitrogen and oxygen atoms in total. The van der Waals surface area contributed by atoms with Crippen LogP contribution in [0, 0.1) is 5.92 Å². The predicted molar refractivity (Wildman–Crippen MR) is 103 cm³/mol. The van der Waals surface area contributed by atoms with Crippen molar-refractivity contribution in [1.82, 2.24) is 9.80 Å². The summed E-state index contributed by atoms with van der Waals surface area (Å²) in [6, 6.07) is 18.5. The average molecular weight is 332 g/mol. The quantitative estimate of drug-likeness (QED) is 0.840. The van der Waals surface area contributed by atoms with Crippen molar-refractivity contribution in [2.45, 2.75) is 24.7 Å². The van der Waals surface area contributed by atoms with Gasteiger partial charge < -0.3 is 9.80 Å². The van der Waals surface area contributed by atoms with E-state index in [-0.39, 0.29) is 0 Å². The molecule has 0 amide bonds. The molecule has 0 spiro atoms. The van der Waals surface area contributed by atoms with Gasteiger partial charge in [0, 0.05) is 38.0 Å². The fourth-order valence-electron chi connectivity index (χ4n) is 5.46. The maximum absolute atomic E-state index is 2.68. The van der Waals surface area contributed by atoms with Crippen molar-refractivity contribution in [2.75, 3.05) is 39.8 Å². The topological polar surface area (TPSA) is 6.48 Å². The Morgan fingerprint density at radius 3 is 1.96 bits per heavy atom. The van der Waals surface area contributed by atoms with Gasteiger partial charge in [-0.2, -0.15) is 0 Å². The maximum atomic E-state index is 2.68. The number of hydrogen-bond donors (Lipinski definition) is 0. The summed E-state index contributed by atoms with van der Waals surface area (Å²) < 4.78 is 0. The molecule has 0 aromatic heterocycles. The average Bonchev–Trinajstić information content (AvgIpc) is 2.68. The van der Waals surface area contributed by atoms with Crippen LogP contribution in [0.3, 0.4) is 0 Å². The third-order valence-electron chi connectivity index (χ3n) is 6.83. The summed E-state index contributed by atoms with van der Waals surface area (Å²) in [6.07, 6.45) is 2.68. The monoisotopic (exact) mass is 332 g/mol. The highest BCUT2D eigenvalue weighted by atomic mass is 15.2. The first-order valence-corrected chi connectivity index (χ1v) is 9.90. The van der Waals surface area contributed by atoms with Crippen molar-refractivity contribution < 1.29 is 0 Å². The molecule has 3 aliphatic carbocycles. The zero-order chi connectivity index (χ0) is 16.8. The van der Waals surface area contributed by atoms with E-state index >= 15 is 0 Å². The van der Waals surface area contributed by atoms with Gasteiger partial charge in [0.05, 0.1) is 0 Å². The van der Waals surface area contributed by atoms with E-state index in [2.05, 4.69) is 65.4 Å². The smallest absolute Gasteiger partial charge is 0.0124 e. The van der Waals surface area contributed by atoms with Crippen LogP contribution in [0.1, 0.15) is 46.9 Å². The van der Waals surface area contributed by atoms with Crippen LogP contribution in [0.5, 0.6) is 0 Å². The second-order valence-electron chi connectivity index (χ2n) is 8.22. The molecular formula is C23H28N2. The maximum Gasteiger partial charge on any atom is 0.0124 e. The Morgan fingerprint density at radius 1 is 0.800 bits per heavy atom. The van der Waals surface area contributed by atoms with Gasteiger partial charge >= 0.3 is 0 Å². The lowest BCUT2D eigenvalue weighted by molar-refractivity contribution is 0.142. The van der Waals surface area contributed by atoms with E-state index in [1.54, 1.807) is 22.3 Å². The molecule has 1 unspecified atom stereocenters. The molecule has 0 radical (unpaired) electrons. The zero-order valence-electron chi connectivity index (χ0n) is 15.2. The summed E-state index contributed by atoms with van der Waals surface area (Å²) in [7, 11) is 2.24. The van der Waals surface area contributed by atoms with Crippen LogP contribution in [0.2, 0.25) is 0 Å². The molecule has 2 heteroatoms. The molecule has 2 aromatic carbocycles. The lowest BCUT2D eigenvalue weighted by atomic mass is 9.58. The van der Waals surface area contributed by atoms with Gasteiger partial charge in [-0.3, -0.25) is 0 Å². The van der Waals surface area contributed by atoms with E-state index < -0.39 is 0 Å². The minimum atomic E-state index is 0.616. The SMILES string of the molecule is CN1CCN(CCC2CC3c4ccccc4C2c2ccccc23)CC1. The van der Waals surface area contributed by atoms with Crippen LogP contribution >= 0.6 is 0 Å². The Balaban J connectivity index is 1.40. The zero-order valence-corrected chi connectivity index (χ0v) is 15.2. The van der Waals surface area contributed by atoms with Crippen molar-refractivity contribution in [3.8, 4) is 0 Å². The summed E-state index contributed by atoms with van der Waals surface area (Å²) in [5, 5.41) is 0. The van der Waals surface area contributed by atoms with Gasteiger partial charge in [-0.05, 0) is 54.6 Å². The first kappa shape index (κ1) is 15.6. The number of piperazine rings is 1. The standard InChI is InChI=1S/C23H28N2/c1-24-12-14-25(15-13-24)11-10-17-16-22-18-6-2-4-8-20(18)23(17)21-9-5-3-7-19(21)22/h2-9,17,22-23H,10-16H2,1H3. The summed E-state index contributed by atoms with van der Waals surface area (Å²) in [5.74, 6) is 2.04. The van der Waals surface area contributed by atoms with Crippen LogP contribution in [-0.4, -0.2) is 49.6 Å². The highest BCUT2D eigenvalue weighted by Gasteiger charge is 2.42. The molecule has 1 aliphatic heterocycles. The third-order valence-corrected chi connectivity index (χ3v) is 6.83. The van der Waals surface area contributed by atoms with Crippen LogP contribution in [0.4, 0.5) is 0 Å². The van der Waals surface area contributed by atoms with E-state index in [0.29, 0.717) is 11.8 Å². The number of rotatable bonds is 3. The predicted octanol–water partition coefficient (Wildman–Crippen LogP) is 3.92. The number of likely N-dealkylation sites (N-methyl/N-ethyl adjacent to an activating group) is 1. The van der Waals surface area contributed by atoms with Crippen molar-refractivity contribution in [2.24, 2.45) is 5.92 Å². The number of fused-ring (bicyclic) bond motifs is 1. The van der Waals surface area contributed by atoms with Gasteiger partial charge in [0.2, 0.25) is 0 Å². The third kappa shape index (κ3) is 2.63. The fraction of sp³-hybridized carbons (Fsp3) is 0.478. The normalized spacial score (nSPS) is 28.6. The Kier molecular flexibility index (Phi) is 3.91. The Morgan fingerprint density at radius 2 is 1.36 bits per heavy atom. The van der Waals surface area contributed by atoms with Crippen molar-refractivity contribution in [3.63, 3.8) is 0 Å². The lowest BCUT2D eigenvalue weighted by Gasteiger charge is -2.46. The summed E-state index contributed by atoms with van der Waals surface area (Å²) >= 11 is 0. The fourth-order valence-corrected chi connectivity index (χ4v) is 5.46. The second-order valence-corrected chi connectivity index (χ2v) is 8.22. The number of hydrogen-bond acceptors (Lipinski definition) is 2. The van der Waals surface area contributed by atoms with Crippen molar-refractivity contribution in [3.05, 3.63) is 70.8 Å². The molecular weight excluding hydrogens is 304 g/mol. The molecule has 6 rings (SSSR count). The minimum absolute atomic E-state index is 0.616. The Hall–Kier alpha value is -1.64. The second kappa shape index (κ2) is 6.26. The number of nitrogens with zero attached hydrogens (tertiary/aromatic N) is 2. The summed E-state index contributed by atoms with van der Waals surface area (Å²) in [6.45, 7) is 6.20. The van der Waals surface area contributed by atoms with E-state index in [1.165, 1.54) is 45.6 Å². The highest BCUT2D eigenvalue weighted by molar-refractivity contribution is 5.55. The number of benzene rings is 2. The Bertz CT molecular complexity index is 713. The van der Waals surface area contributed by atoms with Gasteiger partial charge in [-0.15, -0.1) is 0 Å². The highest BCUT2D eigenvalue weighted by Crippen LogP contribution is 2.56. The van der Waals surface area contributed by atoms with Gasteiger partial charge in [0.25, 0.3) is 0 Å². The van der Waals surface area contributed by atoms with Crippen LogP contribution in [-0.2, 0) is 0 Å². The van der Waals surface area contributed by atoms with Crippen LogP contribution < -0.4 is 0 Å². The molecule has 0 saturated carbocycles. The van der Waals surface area contributed by atoms with E-state index in [4.69, 9.17) is 0 Å². The largest absolute Gasteiger partial charge is 0.304 e. The van der Waals surface area contributed by atoms with Crippen molar-refractivity contribution >= 4 is 0 Å². The minimum Gasteiger partial charge on any atom is -0.304 e. The first-order valence-electron chi connectivity index (χ1n) is 9.90. The molecule has 1 heterocycles. The van der Waals surface area contributed by atoms with Gasteiger partial charge in [0.1, 0.15) is 0 Å². The molecule has 1 atom stereocenters. The molecule has 4 aliphatic rings. The Labute approximate surface area is 151 Å². The summed E-state index contributed by atoms with van der Waals surface area (Å²) in [4.78, 5) is 5.13. The molecule has 2 aromatic rings. The molecule has 0 N–H and O–H groups in total. The van der Waals surface area contributed by atoms with Gasteiger partial charge in [-0.1, -0.05) is 48.5 Å². The van der Waals surface area contributed by atoms with Crippen LogP contribution in [0.15, 0.2) is 48.5 Å². The van der Waals surface area contributed by atoms with Gasteiger partial charge in [0.15, 0.2) is 0 Å².